The number of anilines is 1. The van der Waals surface area contributed by atoms with Crippen LogP contribution in [0.1, 0.15) is 65.7 Å². The Hall–Kier alpha value is -2.84. The number of hydrogen-bond acceptors (Lipinski definition) is 6. The minimum absolute atomic E-state index is 0.0958. The number of likely N-dealkylation sites (tertiary alicyclic amines) is 1. The summed E-state index contributed by atoms with van der Waals surface area (Å²) >= 11 is 6.55. The Bertz CT molecular complexity index is 1250. The molecule has 1 amide bonds. The van der Waals surface area contributed by atoms with Gasteiger partial charge >= 0.3 is 6.09 Å². The van der Waals surface area contributed by atoms with Gasteiger partial charge in [0.15, 0.2) is 0 Å². The summed E-state index contributed by atoms with van der Waals surface area (Å²) in [7, 11) is 0. The first-order valence-electron chi connectivity index (χ1n) is 13.8. The molecule has 2 atom stereocenters. The van der Waals surface area contributed by atoms with Gasteiger partial charge in [-0.1, -0.05) is 36.2 Å². The fourth-order valence-corrected chi connectivity index (χ4v) is 5.81. The van der Waals surface area contributed by atoms with Crippen LogP contribution in [0.3, 0.4) is 0 Å². The van der Waals surface area contributed by atoms with Crippen LogP contribution in [0.5, 0.6) is 0 Å². The Labute approximate surface area is 230 Å². The van der Waals surface area contributed by atoms with Gasteiger partial charge in [0.1, 0.15) is 5.60 Å². The van der Waals surface area contributed by atoms with Gasteiger partial charge in [-0.25, -0.2) is 14.8 Å². The monoisotopic (exact) mass is 538 g/mol. The minimum Gasteiger partial charge on any atom is -0.444 e. The molecule has 2 aromatic heterocycles. The molecule has 2 aliphatic rings. The fraction of sp³-hybridized carbons (Fsp3) is 0.552. The summed E-state index contributed by atoms with van der Waals surface area (Å²) in [6.45, 7) is 8.47. The molecule has 2 N–H and O–H groups in total. The lowest BCUT2D eigenvalue weighted by Crippen LogP contribution is -2.52. The zero-order valence-electron chi connectivity index (χ0n) is 22.7. The fourth-order valence-electron chi connectivity index (χ4n) is 5.61. The number of halogens is 1. The first-order chi connectivity index (χ1) is 18.3. The van der Waals surface area contributed by atoms with Crippen molar-refractivity contribution in [1.82, 2.24) is 24.8 Å². The maximum atomic E-state index is 13.3. The van der Waals surface area contributed by atoms with Crippen molar-refractivity contribution < 1.29 is 9.53 Å². The maximum Gasteiger partial charge on any atom is 0.411 e. The molecule has 5 rings (SSSR count). The highest BCUT2D eigenvalue weighted by molar-refractivity contribution is 6.33. The molecular formula is C29H39ClN6O2. The summed E-state index contributed by atoms with van der Waals surface area (Å²) in [5.74, 6) is 0.556. The van der Waals surface area contributed by atoms with E-state index < -0.39 is 5.60 Å². The molecule has 0 unspecified atom stereocenters. The molecule has 1 aromatic carbocycles. The quantitative estimate of drug-likeness (QED) is 0.364. The summed E-state index contributed by atoms with van der Waals surface area (Å²) < 4.78 is 5.85. The summed E-state index contributed by atoms with van der Waals surface area (Å²) in [6.07, 6.45) is 10.8. The summed E-state index contributed by atoms with van der Waals surface area (Å²) in [4.78, 5) is 30.3. The molecule has 9 heteroatoms. The Kier molecular flexibility index (Phi) is 8.09. The van der Waals surface area contributed by atoms with Crippen molar-refractivity contribution in [3.8, 4) is 11.3 Å². The lowest BCUT2D eigenvalue weighted by Gasteiger charge is -2.41. The lowest BCUT2D eigenvalue weighted by molar-refractivity contribution is -0.00637. The van der Waals surface area contributed by atoms with Gasteiger partial charge in [-0.05, 0) is 78.5 Å². The molecule has 204 valence electrons. The molecule has 2 fully saturated rings. The van der Waals surface area contributed by atoms with Crippen molar-refractivity contribution >= 4 is 34.5 Å². The molecule has 3 heterocycles. The average molecular weight is 539 g/mol. The number of fused-ring (bicyclic) bond motifs is 1. The second kappa shape index (κ2) is 11.5. The first kappa shape index (κ1) is 26.8. The number of para-hydroxylation sites is 1. The van der Waals surface area contributed by atoms with E-state index in [1.165, 1.54) is 19.3 Å². The number of amides is 1. The highest BCUT2D eigenvalue weighted by Gasteiger charge is 2.34. The van der Waals surface area contributed by atoms with Gasteiger partial charge in [0.2, 0.25) is 5.95 Å². The number of aromatic amines is 1. The molecule has 1 aliphatic heterocycles. The number of nitrogens with zero attached hydrogens (tertiary/aromatic N) is 4. The molecule has 0 spiro atoms. The van der Waals surface area contributed by atoms with E-state index in [-0.39, 0.29) is 18.2 Å². The Morgan fingerprint density at radius 2 is 1.97 bits per heavy atom. The highest BCUT2D eigenvalue weighted by Crippen LogP contribution is 2.33. The van der Waals surface area contributed by atoms with Gasteiger partial charge in [-0.2, -0.15) is 0 Å². The molecule has 0 radical (unpaired) electrons. The van der Waals surface area contributed by atoms with Crippen molar-refractivity contribution in [2.24, 2.45) is 0 Å². The van der Waals surface area contributed by atoms with E-state index in [4.69, 9.17) is 21.3 Å². The summed E-state index contributed by atoms with van der Waals surface area (Å²) in [5, 5.41) is 5.14. The number of hydrogen-bond donors (Lipinski definition) is 2. The molecule has 1 saturated heterocycles. The topological polar surface area (TPSA) is 86.4 Å². The molecule has 1 saturated carbocycles. The van der Waals surface area contributed by atoms with E-state index in [9.17, 15) is 4.79 Å². The molecule has 1 aliphatic carbocycles. The SMILES string of the molecule is CC(C)(C)OC(=O)N(CN1CCCCC1)[C@H]1CCC[C@@H](Nc2ncc(Cl)c(-c3c[nH]c4ccccc34)n2)C1. The highest BCUT2D eigenvalue weighted by atomic mass is 35.5. The van der Waals surface area contributed by atoms with Gasteiger partial charge < -0.3 is 15.0 Å². The summed E-state index contributed by atoms with van der Waals surface area (Å²) in [5.41, 5.74) is 2.17. The van der Waals surface area contributed by atoms with Crippen LogP contribution in [0.4, 0.5) is 10.7 Å². The Balaban J connectivity index is 1.32. The number of piperidine rings is 1. The van der Waals surface area contributed by atoms with Gasteiger partial charge in [0, 0.05) is 34.7 Å². The third kappa shape index (κ3) is 6.41. The van der Waals surface area contributed by atoms with Gasteiger partial charge in [0.05, 0.1) is 23.6 Å². The Morgan fingerprint density at radius 1 is 1.18 bits per heavy atom. The Morgan fingerprint density at radius 3 is 2.76 bits per heavy atom. The van der Waals surface area contributed by atoms with Crippen LogP contribution in [-0.4, -0.2) is 68.3 Å². The van der Waals surface area contributed by atoms with E-state index in [0.29, 0.717) is 23.3 Å². The van der Waals surface area contributed by atoms with Gasteiger partial charge in [-0.3, -0.25) is 9.80 Å². The largest absolute Gasteiger partial charge is 0.444 e. The number of H-pyrrole nitrogens is 1. The van der Waals surface area contributed by atoms with E-state index in [1.54, 1.807) is 6.20 Å². The van der Waals surface area contributed by atoms with Gasteiger partial charge in [0.25, 0.3) is 0 Å². The number of ether oxygens (including phenoxy) is 1. The van der Waals surface area contributed by atoms with Crippen LogP contribution in [0.2, 0.25) is 5.02 Å². The van der Waals surface area contributed by atoms with E-state index in [0.717, 1.165) is 55.2 Å². The number of rotatable bonds is 6. The predicted octanol–water partition coefficient (Wildman–Crippen LogP) is 6.68. The predicted molar refractivity (Wildman–Crippen MR) is 152 cm³/mol. The minimum atomic E-state index is -0.528. The standard InChI is InChI=1S/C29H39ClN6O2/c1-29(2,3)38-28(37)36(19-35-14-7-4-8-15-35)21-11-9-10-20(16-21)33-27-32-18-24(30)26(34-27)23-17-31-25-13-6-5-12-22(23)25/h5-6,12-13,17-18,20-21,31H,4,7-11,14-16,19H2,1-3H3,(H,32,33,34)/t20-,21+/m1/s1. The lowest BCUT2D eigenvalue weighted by atomic mass is 9.90. The van der Waals surface area contributed by atoms with Crippen LogP contribution in [0.15, 0.2) is 36.7 Å². The molecule has 3 aromatic rings. The normalized spacial score (nSPS) is 20.8. The molecule has 0 bridgehead atoms. The first-order valence-corrected chi connectivity index (χ1v) is 14.2. The van der Waals surface area contributed by atoms with Crippen LogP contribution in [0, 0.1) is 0 Å². The van der Waals surface area contributed by atoms with Crippen LogP contribution < -0.4 is 5.32 Å². The van der Waals surface area contributed by atoms with Crippen molar-refractivity contribution in [3.05, 3.63) is 41.7 Å². The van der Waals surface area contributed by atoms with E-state index in [1.807, 2.05) is 50.1 Å². The summed E-state index contributed by atoms with van der Waals surface area (Å²) in [6, 6.07) is 8.36. The number of nitrogens with one attached hydrogen (secondary N) is 2. The third-order valence-corrected chi connectivity index (χ3v) is 7.71. The molecule has 8 nitrogen and oxygen atoms in total. The number of aromatic nitrogens is 3. The van der Waals surface area contributed by atoms with Crippen LogP contribution in [0.25, 0.3) is 22.2 Å². The van der Waals surface area contributed by atoms with Crippen molar-refractivity contribution in [2.45, 2.75) is 83.4 Å². The number of benzene rings is 1. The maximum absolute atomic E-state index is 13.3. The smallest absolute Gasteiger partial charge is 0.411 e. The van der Waals surface area contributed by atoms with Crippen LogP contribution in [-0.2, 0) is 4.74 Å². The average Bonchev–Trinajstić information content (AvgIpc) is 3.32. The van der Waals surface area contributed by atoms with E-state index >= 15 is 0 Å². The van der Waals surface area contributed by atoms with Crippen LogP contribution >= 0.6 is 11.6 Å². The second-order valence-corrected chi connectivity index (χ2v) is 12.0. The zero-order valence-corrected chi connectivity index (χ0v) is 23.4. The number of carbonyl (C=O) groups excluding carboxylic acids is 1. The van der Waals surface area contributed by atoms with Gasteiger partial charge in [-0.15, -0.1) is 0 Å². The van der Waals surface area contributed by atoms with Crippen molar-refractivity contribution in [1.29, 1.82) is 0 Å². The molecular weight excluding hydrogens is 500 g/mol. The van der Waals surface area contributed by atoms with Crippen molar-refractivity contribution in [2.75, 3.05) is 25.1 Å². The number of carbonyl (C=O) groups is 1. The second-order valence-electron chi connectivity index (χ2n) is 11.6. The van der Waals surface area contributed by atoms with E-state index in [2.05, 4.69) is 26.3 Å². The van der Waals surface area contributed by atoms with Crippen molar-refractivity contribution in [3.63, 3.8) is 0 Å². The zero-order chi connectivity index (χ0) is 26.7. The third-order valence-electron chi connectivity index (χ3n) is 7.44. The molecule has 38 heavy (non-hydrogen) atoms.